The Morgan fingerprint density at radius 3 is 2.35 bits per heavy atom. The molecule has 1 unspecified atom stereocenters. The van der Waals surface area contributed by atoms with Crippen molar-refractivity contribution in [3.05, 3.63) is 35.4 Å². The van der Waals surface area contributed by atoms with Crippen LogP contribution < -0.4 is 0 Å². The number of hydrogen-bond acceptors (Lipinski definition) is 2. The average Bonchev–Trinajstić information content (AvgIpc) is 2.37. The molecule has 0 saturated carbocycles. The molecule has 0 radical (unpaired) electrons. The van der Waals surface area contributed by atoms with Gasteiger partial charge in [0.25, 0.3) is 0 Å². The largest absolute Gasteiger partial charge is 0.416 e. The minimum Gasteiger partial charge on any atom is -0.332 e. The summed E-state index contributed by atoms with van der Waals surface area (Å²) in [5.74, 6) is -0.587. The molecule has 1 aromatic carbocycles. The Bertz CT molecular complexity index is 503. The molecular formula is C14H15F3N2O. The van der Waals surface area contributed by atoms with Gasteiger partial charge in [0.15, 0.2) is 0 Å². The molecule has 6 heteroatoms. The summed E-state index contributed by atoms with van der Waals surface area (Å²) in [5.41, 5.74) is -0.0500. The highest BCUT2D eigenvalue weighted by atomic mass is 19.4. The van der Waals surface area contributed by atoms with Gasteiger partial charge < -0.3 is 4.90 Å². The second-order valence-electron chi connectivity index (χ2n) is 4.65. The molecule has 3 nitrogen and oxygen atoms in total. The van der Waals surface area contributed by atoms with Crippen molar-refractivity contribution in [3.8, 4) is 6.07 Å². The van der Waals surface area contributed by atoms with Crippen molar-refractivity contribution in [1.82, 2.24) is 4.90 Å². The summed E-state index contributed by atoms with van der Waals surface area (Å²) in [5, 5.41) is 8.51. The van der Waals surface area contributed by atoms with E-state index in [-0.39, 0.29) is 18.4 Å². The molecule has 1 amide bonds. The predicted octanol–water partition coefficient (Wildman–Crippen LogP) is 2.87. The molecule has 0 spiro atoms. The summed E-state index contributed by atoms with van der Waals surface area (Å²) in [6, 6.07) is 6.63. The number of halogens is 3. The van der Waals surface area contributed by atoms with Crippen LogP contribution in [-0.4, -0.2) is 24.4 Å². The van der Waals surface area contributed by atoms with E-state index in [1.54, 1.807) is 6.92 Å². The van der Waals surface area contributed by atoms with Crippen molar-refractivity contribution in [2.75, 3.05) is 13.6 Å². The van der Waals surface area contributed by atoms with Crippen LogP contribution in [-0.2, 0) is 17.4 Å². The Kier molecular flexibility index (Phi) is 5.14. The highest BCUT2D eigenvalue weighted by molar-refractivity contribution is 5.78. The van der Waals surface area contributed by atoms with Gasteiger partial charge in [0, 0.05) is 13.0 Å². The summed E-state index contributed by atoms with van der Waals surface area (Å²) in [6.45, 7) is 1.68. The lowest BCUT2D eigenvalue weighted by Crippen LogP contribution is -2.32. The first-order valence-corrected chi connectivity index (χ1v) is 6.03. The van der Waals surface area contributed by atoms with Crippen molar-refractivity contribution in [1.29, 1.82) is 5.26 Å². The highest BCUT2D eigenvalue weighted by Crippen LogP contribution is 2.29. The van der Waals surface area contributed by atoms with Crippen LogP contribution in [0.15, 0.2) is 24.3 Å². The van der Waals surface area contributed by atoms with Crippen molar-refractivity contribution in [3.63, 3.8) is 0 Å². The van der Waals surface area contributed by atoms with Crippen LogP contribution in [0.25, 0.3) is 0 Å². The van der Waals surface area contributed by atoms with Gasteiger partial charge in [-0.25, -0.2) is 0 Å². The Morgan fingerprint density at radius 2 is 1.90 bits per heavy atom. The van der Waals surface area contributed by atoms with Gasteiger partial charge in [0.05, 0.1) is 11.6 Å². The van der Waals surface area contributed by atoms with E-state index in [0.717, 1.165) is 12.1 Å². The quantitative estimate of drug-likeness (QED) is 0.798. The number of benzene rings is 1. The van der Waals surface area contributed by atoms with E-state index in [4.69, 9.17) is 5.26 Å². The molecular weight excluding hydrogens is 269 g/mol. The molecule has 0 heterocycles. The zero-order chi connectivity index (χ0) is 15.3. The average molecular weight is 284 g/mol. The second-order valence-corrected chi connectivity index (χ2v) is 4.65. The van der Waals surface area contributed by atoms with Crippen LogP contribution in [0.2, 0.25) is 0 Å². The van der Waals surface area contributed by atoms with Crippen molar-refractivity contribution >= 4 is 5.91 Å². The fourth-order valence-corrected chi connectivity index (χ4v) is 1.83. The van der Waals surface area contributed by atoms with Gasteiger partial charge in [-0.1, -0.05) is 19.1 Å². The number of rotatable bonds is 4. The minimum absolute atomic E-state index is 0.00378. The lowest BCUT2D eigenvalue weighted by molar-refractivity contribution is -0.137. The maximum Gasteiger partial charge on any atom is 0.416 e. The number of hydrogen-bond donors (Lipinski definition) is 0. The van der Waals surface area contributed by atoms with Crippen molar-refractivity contribution < 1.29 is 18.0 Å². The van der Waals surface area contributed by atoms with Gasteiger partial charge >= 0.3 is 6.18 Å². The molecule has 0 fully saturated rings. The normalized spacial score (nSPS) is 12.6. The summed E-state index contributed by atoms with van der Waals surface area (Å²) >= 11 is 0. The molecule has 0 bridgehead atoms. The number of amides is 1. The molecule has 0 saturated heterocycles. The number of nitrogens with zero attached hydrogens (tertiary/aromatic N) is 2. The van der Waals surface area contributed by atoms with Gasteiger partial charge in [-0.2, -0.15) is 18.4 Å². The molecule has 0 aliphatic rings. The van der Waals surface area contributed by atoms with Gasteiger partial charge in [-0.15, -0.1) is 0 Å². The maximum atomic E-state index is 12.4. The Labute approximate surface area is 115 Å². The molecule has 1 atom stereocenters. The Hall–Kier alpha value is -2.03. The van der Waals surface area contributed by atoms with E-state index in [1.807, 2.05) is 6.07 Å². The van der Waals surface area contributed by atoms with E-state index in [1.165, 1.54) is 24.1 Å². The Morgan fingerprint density at radius 1 is 1.35 bits per heavy atom. The summed E-state index contributed by atoms with van der Waals surface area (Å²) in [7, 11) is 1.52. The molecule has 20 heavy (non-hydrogen) atoms. The third-order valence-electron chi connectivity index (χ3n) is 2.93. The second kappa shape index (κ2) is 6.42. The summed E-state index contributed by atoms with van der Waals surface area (Å²) in [4.78, 5) is 13.2. The van der Waals surface area contributed by atoms with Crippen molar-refractivity contribution in [2.24, 2.45) is 5.92 Å². The van der Waals surface area contributed by atoms with Crippen molar-refractivity contribution in [2.45, 2.75) is 19.5 Å². The first-order valence-electron chi connectivity index (χ1n) is 6.03. The summed E-state index contributed by atoms with van der Waals surface area (Å²) < 4.78 is 37.2. The number of alkyl halides is 3. The van der Waals surface area contributed by atoms with E-state index in [9.17, 15) is 18.0 Å². The van der Waals surface area contributed by atoms with Crippen LogP contribution in [0.3, 0.4) is 0 Å². The molecule has 1 aromatic rings. The van der Waals surface area contributed by atoms with Gasteiger partial charge in [-0.05, 0) is 24.1 Å². The lowest BCUT2D eigenvalue weighted by Gasteiger charge is -2.18. The number of carbonyl (C=O) groups excluding carboxylic acids is 1. The standard InChI is InChI=1S/C14H15F3N2O/c1-10(13(20)19(2)8-7-18)9-11-3-5-12(6-4-11)14(15,16)17/h3-6,10H,8-9H2,1-2H3. The van der Waals surface area contributed by atoms with Gasteiger partial charge in [0.1, 0.15) is 6.54 Å². The van der Waals surface area contributed by atoms with E-state index in [0.29, 0.717) is 12.0 Å². The monoisotopic (exact) mass is 284 g/mol. The van der Waals surface area contributed by atoms with Crippen LogP contribution in [0.5, 0.6) is 0 Å². The summed E-state index contributed by atoms with van der Waals surface area (Å²) in [6.07, 6.45) is -4.01. The first-order chi connectivity index (χ1) is 9.25. The SMILES string of the molecule is CC(Cc1ccc(C(F)(F)F)cc1)C(=O)N(C)CC#N. The zero-order valence-corrected chi connectivity index (χ0v) is 11.2. The molecule has 0 aliphatic heterocycles. The third-order valence-corrected chi connectivity index (χ3v) is 2.93. The van der Waals surface area contributed by atoms with E-state index < -0.39 is 11.7 Å². The fourth-order valence-electron chi connectivity index (χ4n) is 1.83. The molecule has 108 valence electrons. The van der Waals surface area contributed by atoms with Gasteiger partial charge in [-0.3, -0.25) is 4.79 Å². The van der Waals surface area contributed by atoms with Gasteiger partial charge in [0.2, 0.25) is 5.91 Å². The highest BCUT2D eigenvalue weighted by Gasteiger charge is 2.30. The Balaban J connectivity index is 2.70. The van der Waals surface area contributed by atoms with Crippen LogP contribution in [0, 0.1) is 17.2 Å². The maximum absolute atomic E-state index is 12.4. The van der Waals surface area contributed by atoms with Crippen LogP contribution >= 0.6 is 0 Å². The van der Waals surface area contributed by atoms with E-state index >= 15 is 0 Å². The number of carbonyl (C=O) groups is 1. The minimum atomic E-state index is -4.35. The topological polar surface area (TPSA) is 44.1 Å². The molecule has 1 rings (SSSR count). The molecule has 0 aliphatic carbocycles. The van der Waals surface area contributed by atoms with E-state index in [2.05, 4.69) is 0 Å². The van der Waals surface area contributed by atoms with Crippen LogP contribution in [0.4, 0.5) is 13.2 Å². The fraction of sp³-hybridized carbons (Fsp3) is 0.429. The lowest BCUT2D eigenvalue weighted by atomic mass is 9.99. The zero-order valence-electron chi connectivity index (χ0n) is 11.2. The molecule has 0 N–H and O–H groups in total. The molecule has 0 aromatic heterocycles. The van der Waals surface area contributed by atoms with Crippen LogP contribution in [0.1, 0.15) is 18.1 Å². The predicted molar refractivity (Wildman–Crippen MR) is 67.6 cm³/mol. The first kappa shape index (κ1) is 16.0. The smallest absolute Gasteiger partial charge is 0.332 e. The third kappa shape index (κ3) is 4.26. The number of nitriles is 1.